The van der Waals surface area contributed by atoms with Gasteiger partial charge in [-0.1, -0.05) is 13.8 Å². The molecular weight excluding hydrogens is 234 g/mol. The summed E-state index contributed by atoms with van der Waals surface area (Å²) in [5, 5.41) is 18.4. The van der Waals surface area contributed by atoms with Crippen molar-refractivity contribution in [2.45, 2.75) is 32.6 Å². The number of hydrogen-bond acceptors (Lipinski definition) is 5. The number of nitro groups is 1. The van der Waals surface area contributed by atoms with Crippen molar-refractivity contribution in [1.29, 1.82) is 0 Å². The van der Waals surface area contributed by atoms with Crippen LogP contribution >= 0.6 is 0 Å². The van der Waals surface area contributed by atoms with Gasteiger partial charge in [-0.25, -0.2) is 4.68 Å². The van der Waals surface area contributed by atoms with Crippen LogP contribution in [-0.2, 0) is 7.05 Å². The molecule has 0 saturated carbocycles. The third kappa shape index (κ3) is 3.19. The number of hydrogen-bond donors (Lipinski definition) is 2. The third-order valence-corrected chi connectivity index (χ3v) is 2.70. The van der Waals surface area contributed by atoms with Crippen LogP contribution in [0.5, 0.6) is 0 Å². The van der Waals surface area contributed by atoms with E-state index in [9.17, 15) is 10.1 Å². The predicted octanol–water partition coefficient (Wildman–Crippen LogP) is 1.60. The molecule has 0 aliphatic carbocycles. The average Bonchev–Trinajstić information content (AvgIpc) is 2.62. The molecular formula is C11H21N5O2. The molecule has 3 N–H and O–H groups in total. The van der Waals surface area contributed by atoms with Crippen molar-refractivity contribution < 1.29 is 4.92 Å². The maximum absolute atomic E-state index is 11.1. The summed E-state index contributed by atoms with van der Waals surface area (Å²) in [5.41, 5.74) is 6.01. The summed E-state index contributed by atoms with van der Waals surface area (Å²) in [6, 6.07) is 0. The lowest BCUT2D eigenvalue weighted by Gasteiger charge is -2.05. The number of aryl methyl sites for hydroxylation is 1. The lowest BCUT2D eigenvalue weighted by atomic mass is 10.1. The number of aromatic nitrogens is 2. The highest BCUT2D eigenvalue weighted by Gasteiger charge is 2.27. The highest BCUT2D eigenvalue weighted by molar-refractivity contribution is 5.60. The van der Waals surface area contributed by atoms with Gasteiger partial charge in [0.25, 0.3) is 0 Å². The van der Waals surface area contributed by atoms with Crippen LogP contribution in [0.2, 0.25) is 0 Å². The Kier molecular flexibility index (Phi) is 5.08. The minimum atomic E-state index is -0.367. The summed E-state index contributed by atoms with van der Waals surface area (Å²) < 4.78 is 1.54. The van der Waals surface area contributed by atoms with Crippen molar-refractivity contribution in [3.8, 4) is 0 Å². The summed E-state index contributed by atoms with van der Waals surface area (Å²) in [5.74, 6) is 0.497. The van der Waals surface area contributed by atoms with Crippen LogP contribution in [-0.4, -0.2) is 27.8 Å². The number of anilines is 1. The summed E-state index contributed by atoms with van der Waals surface area (Å²) in [4.78, 5) is 10.8. The Bertz CT molecular complexity index is 414. The molecule has 0 unspecified atom stereocenters. The molecule has 7 heteroatoms. The molecule has 102 valence electrons. The fourth-order valence-corrected chi connectivity index (χ4v) is 1.78. The van der Waals surface area contributed by atoms with Gasteiger partial charge < -0.3 is 11.1 Å². The lowest BCUT2D eigenvalue weighted by molar-refractivity contribution is -0.384. The molecule has 0 aliphatic heterocycles. The fourth-order valence-electron chi connectivity index (χ4n) is 1.78. The van der Waals surface area contributed by atoms with Crippen molar-refractivity contribution in [3.63, 3.8) is 0 Å². The number of rotatable bonds is 7. The zero-order valence-corrected chi connectivity index (χ0v) is 11.1. The Hall–Kier alpha value is -1.63. The molecule has 0 bridgehead atoms. The second-order valence-corrected chi connectivity index (χ2v) is 4.54. The van der Waals surface area contributed by atoms with Crippen molar-refractivity contribution >= 4 is 11.5 Å². The predicted molar refractivity (Wildman–Crippen MR) is 70.7 cm³/mol. The number of nitrogens with one attached hydrogen (secondary N) is 1. The quantitative estimate of drug-likeness (QED) is 0.438. The van der Waals surface area contributed by atoms with Gasteiger partial charge in [-0.05, 0) is 19.4 Å². The summed E-state index contributed by atoms with van der Waals surface area (Å²) in [6.45, 7) is 5.09. The van der Waals surface area contributed by atoms with Crippen molar-refractivity contribution in [1.82, 2.24) is 9.78 Å². The average molecular weight is 255 g/mol. The van der Waals surface area contributed by atoms with Gasteiger partial charge in [0, 0.05) is 19.5 Å². The Morgan fingerprint density at radius 2 is 2.17 bits per heavy atom. The Labute approximate surface area is 107 Å². The van der Waals surface area contributed by atoms with E-state index in [0.717, 1.165) is 12.8 Å². The van der Waals surface area contributed by atoms with E-state index < -0.39 is 0 Å². The van der Waals surface area contributed by atoms with Gasteiger partial charge in [0.05, 0.1) is 4.92 Å². The maximum atomic E-state index is 11.1. The molecule has 0 spiro atoms. The Balaban J connectivity index is 2.92. The molecule has 0 fully saturated rings. The van der Waals surface area contributed by atoms with Gasteiger partial charge in [-0.3, -0.25) is 10.1 Å². The second-order valence-electron chi connectivity index (χ2n) is 4.54. The minimum Gasteiger partial charge on any atom is -0.365 e. The largest absolute Gasteiger partial charge is 0.365 e. The van der Waals surface area contributed by atoms with Crippen LogP contribution < -0.4 is 11.1 Å². The molecule has 0 aliphatic rings. The SMILES string of the molecule is CC(C)c1nn(C)c(NCCCCN)c1[N+](=O)[O-]. The number of nitrogens with zero attached hydrogens (tertiary/aromatic N) is 3. The van der Waals surface area contributed by atoms with Crippen LogP contribution in [0.25, 0.3) is 0 Å². The maximum Gasteiger partial charge on any atom is 0.334 e. The van der Waals surface area contributed by atoms with Gasteiger partial charge in [0.1, 0.15) is 5.69 Å². The van der Waals surface area contributed by atoms with Gasteiger partial charge in [-0.15, -0.1) is 0 Å². The van der Waals surface area contributed by atoms with Crippen LogP contribution in [0.4, 0.5) is 11.5 Å². The van der Waals surface area contributed by atoms with Crippen LogP contribution in [0.3, 0.4) is 0 Å². The van der Waals surface area contributed by atoms with Gasteiger partial charge in [0.15, 0.2) is 0 Å². The van der Waals surface area contributed by atoms with Crippen LogP contribution in [0.15, 0.2) is 0 Å². The standard InChI is InChI=1S/C11H21N5O2/c1-8(2)9-10(16(17)18)11(15(3)14-9)13-7-5-4-6-12/h8,13H,4-7,12H2,1-3H3. The van der Waals surface area contributed by atoms with Crippen molar-refractivity contribution in [3.05, 3.63) is 15.8 Å². The van der Waals surface area contributed by atoms with Crippen molar-refractivity contribution in [2.75, 3.05) is 18.4 Å². The Morgan fingerprint density at radius 1 is 1.50 bits per heavy atom. The van der Waals surface area contributed by atoms with Gasteiger partial charge >= 0.3 is 5.69 Å². The minimum absolute atomic E-state index is 0.0243. The molecule has 18 heavy (non-hydrogen) atoms. The molecule has 7 nitrogen and oxygen atoms in total. The fraction of sp³-hybridized carbons (Fsp3) is 0.727. The molecule has 0 saturated heterocycles. The first kappa shape index (κ1) is 14.4. The highest BCUT2D eigenvalue weighted by atomic mass is 16.6. The zero-order chi connectivity index (χ0) is 13.7. The van der Waals surface area contributed by atoms with Gasteiger partial charge in [0.2, 0.25) is 5.82 Å². The summed E-state index contributed by atoms with van der Waals surface area (Å²) in [6.07, 6.45) is 1.78. The molecule has 1 aromatic rings. The molecule has 0 aromatic carbocycles. The zero-order valence-electron chi connectivity index (χ0n) is 11.1. The topological polar surface area (TPSA) is 99.0 Å². The smallest absolute Gasteiger partial charge is 0.334 e. The van der Waals surface area contributed by atoms with Crippen molar-refractivity contribution in [2.24, 2.45) is 12.8 Å². The molecule has 1 rings (SSSR count). The summed E-state index contributed by atoms with van der Waals surface area (Å²) in [7, 11) is 1.71. The highest BCUT2D eigenvalue weighted by Crippen LogP contribution is 2.32. The van der Waals surface area contributed by atoms with E-state index in [1.54, 1.807) is 7.05 Å². The molecule has 0 amide bonds. The first-order chi connectivity index (χ1) is 8.49. The Morgan fingerprint density at radius 3 is 2.67 bits per heavy atom. The molecule has 1 heterocycles. The number of nitrogens with two attached hydrogens (primary N) is 1. The molecule has 1 aromatic heterocycles. The van der Waals surface area contributed by atoms with Crippen LogP contribution in [0, 0.1) is 10.1 Å². The first-order valence-corrected chi connectivity index (χ1v) is 6.14. The lowest BCUT2D eigenvalue weighted by Crippen LogP contribution is -2.09. The number of unbranched alkanes of at least 4 members (excludes halogenated alkanes) is 1. The molecule has 0 atom stereocenters. The van der Waals surface area contributed by atoms with E-state index in [1.165, 1.54) is 4.68 Å². The summed E-state index contributed by atoms with van der Waals surface area (Å²) >= 11 is 0. The third-order valence-electron chi connectivity index (χ3n) is 2.70. The first-order valence-electron chi connectivity index (χ1n) is 6.14. The van der Waals surface area contributed by atoms with E-state index in [4.69, 9.17) is 5.73 Å². The monoisotopic (exact) mass is 255 g/mol. The normalized spacial score (nSPS) is 10.9. The van der Waals surface area contributed by atoms with E-state index in [1.807, 2.05) is 13.8 Å². The van der Waals surface area contributed by atoms with Crippen LogP contribution in [0.1, 0.15) is 38.3 Å². The van der Waals surface area contributed by atoms with E-state index in [-0.39, 0.29) is 16.5 Å². The van der Waals surface area contributed by atoms with E-state index >= 15 is 0 Å². The van der Waals surface area contributed by atoms with E-state index in [0.29, 0.717) is 24.6 Å². The van der Waals surface area contributed by atoms with Gasteiger partial charge in [-0.2, -0.15) is 5.10 Å². The van der Waals surface area contributed by atoms with E-state index in [2.05, 4.69) is 10.4 Å². The second kappa shape index (κ2) is 6.34. The molecule has 0 radical (unpaired) electrons.